The summed E-state index contributed by atoms with van der Waals surface area (Å²) in [6.07, 6.45) is 0.639. The Kier molecular flexibility index (Phi) is 5.78. The molecule has 0 aliphatic carbocycles. The summed E-state index contributed by atoms with van der Waals surface area (Å²) in [5.41, 5.74) is 1.22. The number of hydrogen-bond donors (Lipinski definition) is 2. The molecule has 2 atom stereocenters. The van der Waals surface area contributed by atoms with E-state index in [1.54, 1.807) is 0 Å². The number of aryl methyl sites for hydroxylation is 1. The summed E-state index contributed by atoms with van der Waals surface area (Å²) in [5.74, 6) is 1.46. The van der Waals surface area contributed by atoms with Crippen LogP contribution in [0, 0.1) is 6.92 Å². The van der Waals surface area contributed by atoms with Crippen molar-refractivity contribution >= 4 is 5.91 Å². The van der Waals surface area contributed by atoms with Gasteiger partial charge in [-0.25, -0.2) is 4.98 Å². The lowest BCUT2D eigenvalue weighted by Crippen LogP contribution is -2.50. The second-order valence-electron chi connectivity index (χ2n) is 6.34. The van der Waals surface area contributed by atoms with E-state index < -0.39 is 0 Å². The topological polar surface area (TPSA) is 83.1 Å². The van der Waals surface area contributed by atoms with Gasteiger partial charge < -0.3 is 10.1 Å². The quantitative estimate of drug-likeness (QED) is 0.824. The van der Waals surface area contributed by atoms with E-state index in [1.165, 1.54) is 5.56 Å². The Morgan fingerprint density at radius 1 is 1.44 bits per heavy atom. The van der Waals surface area contributed by atoms with E-state index >= 15 is 0 Å². The lowest BCUT2D eigenvalue weighted by atomic mass is 10.1. The monoisotopic (exact) mass is 343 g/mol. The van der Waals surface area contributed by atoms with Crippen molar-refractivity contribution in [1.82, 2.24) is 25.4 Å². The number of benzene rings is 1. The molecule has 25 heavy (non-hydrogen) atoms. The molecule has 1 aromatic heterocycles. The second kappa shape index (κ2) is 8.22. The number of rotatable bonds is 6. The summed E-state index contributed by atoms with van der Waals surface area (Å²) in [4.78, 5) is 18.9. The van der Waals surface area contributed by atoms with Crippen molar-refractivity contribution in [2.24, 2.45) is 0 Å². The van der Waals surface area contributed by atoms with Gasteiger partial charge in [-0.2, -0.15) is 5.10 Å². The molecule has 1 fully saturated rings. The third-order valence-corrected chi connectivity index (χ3v) is 4.48. The highest BCUT2D eigenvalue weighted by molar-refractivity contribution is 5.81. The van der Waals surface area contributed by atoms with Gasteiger partial charge in [-0.05, 0) is 25.8 Å². The van der Waals surface area contributed by atoms with Crippen LogP contribution in [-0.2, 0) is 16.0 Å². The lowest BCUT2D eigenvalue weighted by molar-refractivity contribution is -0.129. The molecule has 1 saturated heterocycles. The molecule has 3 rings (SSSR count). The first-order chi connectivity index (χ1) is 12.1. The average molecular weight is 343 g/mol. The van der Waals surface area contributed by atoms with Gasteiger partial charge in [-0.1, -0.05) is 30.3 Å². The van der Waals surface area contributed by atoms with Crippen molar-refractivity contribution in [1.29, 1.82) is 0 Å². The summed E-state index contributed by atoms with van der Waals surface area (Å²) in [7, 11) is 0. The minimum absolute atomic E-state index is 0.0442. The van der Waals surface area contributed by atoms with Crippen molar-refractivity contribution in [2.45, 2.75) is 32.4 Å². The zero-order valence-electron chi connectivity index (χ0n) is 14.7. The lowest BCUT2D eigenvalue weighted by Gasteiger charge is -2.35. The summed E-state index contributed by atoms with van der Waals surface area (Å²) in [6, 6.07) is 9.95. The maximum Gasteiger partial charge on any atom is 0.237 e. The number of hydrogen-bond acceptors (Lipinski definition) is 5. The largest absolute Gasteiger partial charge is 0.367 e. The highest BCUT2D eigenvalue weighted by Crippen LogP contribution is 2.20. The number of nitrogens with one attached hydrogen (secondary N) is 2. The molecular weight excluding hydrogens is 318 g/mol. The van der Waals surface area contributed by atoms with Gasteiger partial charge in [0.2, 0.25) is 5.91 Å². The van der Waals surface area contributed by atoms with Gasteiger partial charge in [-0.15, -0.1) is 0 Å². The van der Waals surface area contributed by atoms with E-state index in [0.717, 1.165) is 18.8 Å². The number of morpholine rings is 1. The van der Waals surface area contributed by atoms with Crippen LogP contribution in [0.5, 0.6) is 0 Å². The van der Waals surface area contributed by atoms with Crippen molar-refractivity contribution in [3.05, 3.63) is 47.5 Å². The van der Waals surface area contributed by atoms with E-state index in [1.807, 2.05) is 32.0 Å². The van der Waals surface area contributed by atoms with Crippen LogP contribution >= 0.6 is 0 Å². The molecule has 0 radical (unpaired) electrons. The molecule has 2 heterocycles. The predicted molar refractivity (Wildman–Crippen MR) is 94.0 cm³/mol. The maximum absolute atomic E-state index is 12.4. The SMILES string of the molecule is Cc1nc([C@H]2CN([C@@H](C)C(=O)NCCc3ccccc3)CCO2)n[nH]1. The molecule has 2 N–H and O–H groups in total. The summed E-state index contributed by atoms with van der Waals surface area (Å²) in [5, 5.41) is 10.0. The third-order valence-electron chi connectivity index (χ3n) is 4.48. The van der Waals surface area contributed by atoms with Crippen molar-refractivity contribution in [3.63, 3.8) is 0 Å². The summed E-state index contributed by atoms with van der Waals surface area (Å²) >= 11 is 0. The third kappa shape index (κ3) is 4.64. The smallest absolute Gasteiger partial charge is 0.237 e. The van der Waals surface area contributed by atoms with Gasteiger partial charge >= 0.3 is 0 Å². The molecule has 7 heteroatoms. The predicted octanol–water partition coefficient (Wildman–Crippen LogP) is 1.23. The Morgan fingerprint density at radius 2 is 2.24 bits per heavy atom. The van der Waals surface area contributed by atoms with E-state index in [-0.39, 0.29) is 18.1 Å². The fraction of sp³-hybridized carbons (Fsp3) is 0.500. The van der Waals surface area contributed by atoms with Crippen LogP contribution in [0.4, 0.5) is 0 Å². The number of nitrogens with zero attached hydrogens (tertiary/aromatic N) is 3. The fourth-order valence-corrected chi connectivity index (χ4v) is 2.97. The first kappa shape index (κ1) is 17.6. The van der Waals surface area contributed by atoms with E-state index in [4.69, 9.17) is 4.74 Å². The number of ether oxygens (including phenoxy) is 1. The number of aromatic nitrogens is 3. The first-order valence-corrected chi connectivity index (χ1v) is 8.69. The van der Waals surface area contributed by atoms with Crippen LogP contribution in [-0.4, -0.2) is 58.3 Å². The number of carbonyl (C=O) groups is 1. The Hall–Kier alpha value is -2.25. The number of amides is 1. The Morgan fingerprint density at radius 3 is 2.96 bits per heavy atom. The van der Waals surface area contributed by atoms with Crippen molar-refractivity contribution in [3.8, 4) is 0 Å². The van der Waals surface area contributed by atoms with E-state index in [2.05, 4.69) is 37.5 Å². The van der Waals surface area contributed by atoms with Gasteiger partial charge in [0, 0.05) is 19.6 Å². The molecule has 1 aliphatic heterocycles. The number of aromatic amines is 1. The van der Waals surface area contributed by atoms with Gasteiger partial charge in [0.15, 0.2) is 5.82 Å². The molecule has 0 bridgehead atoms. The van der Waals surface area contributed by atoms with Crippen LogP contribution in [0.3, 0.4) is 0 Å². The zero-order valence-corrected chi connectivity index (χ0v) is 14.7. The first-order valence-electron chi connectivity index (χ1n) is 8.69. The minimum Gasteiger partial charge on any atom is -0.367 e. The van der Waals surface area contributed by atoms with Gasteiger partial charge in [0.25, 0.3) is 0 Å². The average Bonchev–Trinajstić information content (AvgIpc) is 3.08. The number of H-pyrrole nitrogens is 1. The normalized spacial score (nSPS) is 19.5. The van der Waals surface area contributed by atoms with Crippen molar-refractivity contribution < 1.29 is 9.53 Å². The highest BCUT2D eigenvalue weighted by atomic mass is 16.5. The Labute approximate surface area is 147 Å². The Bertz CT molecular complexity index is 688. The van der Waals surface area contributed by atoms with Crippen LogP contribution in [0.2, 0.25) is 0 Å². The molecular formula is C18H25N5O2. The van der Waals surface area contributed by atoms with E-state index in [9.17, 15) is 4.79 Å². The van der Waals surface area contributed by atoms with Crippen LogP contribution in [0.15, 0.2) is 30.3 Å². The second-order valence-corrected chi connectivity index (χ2v) is 6.34. The van der Waals surface area contributed by atoms with Crippen LogP contribution < -0.4 is 5.32 Å². The number of carbonyl (C=O) groups excluding carboxylic acids is 1. The summed E-state index contributed by atoms with van der Waals surface area (Å²) in [6.45, 7) is 6.35. The fourth-order valence-electron chi connectivity index (χ4n) is 2.97. The molecule has 134 valence electrons. The van der Waals surface area contributed by atoms with E-state index in [0.29, 0.717) is 25.5 Å². The van der Waals surface area contributed by atoms with Gasteiger partial charge in [-0.3, -0.25) is 14.8 Å². The highest BCUT2D eigenvalue weighted by Gasteiger charge is 2.30. The van der Waals surface area contributed by atoms with Gasteiger partial charge in [0.05, 0.1) is 12.6 Å². The van der Waals surface area contributed by atoms with Gasteiger partial charge in [0.1, 0.15) is 11.9 Å². The molecule has 0 saturated carbocycles. The molecule has 7 nitrogen and oxygen atoms in total. The van der Waals surface area contributed by atoms with Crippen molar-refractivity contribution in [2.75, 3.05) is 26.2 Å². The molecule has 0 unspecified atom stereocenters. The maximum atomic E-state index is 12.4. The Balaban J connectivity index is 1.49. The molecule has 1 aliphatic rings. The molecule has 1 amide bonds. The standard InChI is InChI=1S/C18H25N5O2/c1-13(18(24)19-9-8-15-6-4-3-5-7-15)23-10-11-25-16(12-23)17-20-14(2)21-22-17/h3-7,13,16H,8-12H2,1-2H3,(H,19,24)(H,20,21,22)/t13-,16+/m0/s1. The zero-order chi connectivity index (χ0) is 17.6. The minimum atomic E-state index is -0.206. The van der Waals surface area contributed by atoms with Crippen LogP contribution in [0.1, 0.15) is 30.2 Å². The molecule has 2 aromatic rings. The summed E-state index contributed by atoms with van der Waals surface area (Å²) < 4.78 is 5.76. The van der Waals surface area contributed by atoms with Crippen LogP contribution in [0.25, 0.3) is 0 Å². The molecule has 0 spiro atoms. The molecule has 1 aromatic carbocycles.